The molecule has 0 radical (unpaired) electrons. The zero-order chi connectivity index (χ0) is 13.3. The molecule has 0 saturated carbocycles. The molecule has 0 atom stereocenters. The molecule has 2 rings (SSSR count). The molecule has 8 heteroatoms. The minimum atomic E-state index is -0.833. The second kappa shape index (κ2) is 4.91. The van der Waals surface area contributed by atoms with Crippen LogP contribution in [-0.4, -0.2) is 14.8 Å². The van der Waals surface area contributed by atoms with E-state index in [-0.39, 0.29) is 10.8 Å². The van der Waals surface area contributed by atoms with E-state index in [1.165, 1.54) is 0 Å². The molecule has 0 unspecified atom stereocenters. The molecular weight excluding hydrogens is 260 g/mol. The first-order valence-corrected chi connectivity index (χ1v) is 5.84. The summed E-state index contributed by atoms with van der Waals surface area (Å²) in [5, 5.41) is 4.87. The SMILES string of the molecule is Cc1cc(Sc2nc(NN)c(F)cc2F)n(C)n1. The van der Waals surface area contributed by atoms with E-state index in [2.05, 4.69) is 15.5 Å². The molecular formula is C10H11F2N5S. The fourth-order valence-electron chi connectivity index (χ4n) is 1.40. The number of rotatable bonds is 3. The molecule has 0 aliphatic rings. The normalized spacial score (nSPS) is 10.7. The molecule has 3 N–H and O–H groups in total. The van der Waals surface area contributed by atoms with Gasteiger partial charge in [0.2, 0.25) is 0 Å². The van der Waals surface area contributed by atoms with Crippen molar-refractivity contribution in [3.05, 3.63) is 29.5 Å². The predicted molar refractivity (Wildman–Crippen MR) is 64.0 cm³/mol. The van der Waals surface area contributed by atoms with Crippen molar-refractivity contribution in [3.63, 3.8) is 0 Å². The summed E-state index contributed by atoms with van der Waals surface area (Å²) >= 11 is 1.05. The van der Waals surface area contributed by atoms with E-state index in [0.717, 1.165) is 23.5 Å². The summed E-state index contributed by atoms with van der Waals surface area (Å²) in [5.41, 5.74) is 2.89. The zero-order valence-electron chi connectivity index (χ0n) is 9.74. The highest BCUT2D eigenvalue weighted by Gasteiger charge is 2.14. The highest BCUT2D eigenvalue weighted by Crippen LogP contribution is 2.30. The molecule has 0 spiro atoms. The van der Waals surface area contributed by atoms with Crippen LogP contribution >= 0.6 is 11.8 Å². The van der Waals surface area contributed by atoms with Gasteiger partial charge in [-0.1, -0.05) is 0 Å². The molecule has 0 aliphatic heterocycles. The lowest BCUT2D eigenvalue weighted by atomic mass is 10.4. The molecule has 96 valence electrons. The summed E-state index contributed by atoms with van der Waals surface area (Å²) < 4.78 is 28.3. The van der Waals surface area contributed by atoms with E-state index in [0.29, 0.717) is 5.03 Å². The Morgan fingerprint density at radius 1 is 1.33 bits per heavy atom. The van der Waals surface area contributed by atoms with E-state index < -0.39 is 11.6 Å². The minimum absolute atomic E-state index is 0.0346. The third-order valence-electron chi connectivity index (χ3n) is 2.19. The number of hydrazine groups is 1. The Hall–Kier alpha value is -1.67. The van der Waals surface area contributed by atoms with Gasteiger partial charge < -0.3 is 5.43 Å². The topological polar surface area (TPSA) is 68.8 Å². The van der Waals surface area contributed by atoms with Gasteiger partial charge >= 0.3 is 0 Å². The van der Waals surface area contributed by atoms with Gasteiger partial charge in [0.05, 0.1) is 5.69 Å². The van der Waals surface area contributed by atoms with Gasteiger partial charge in [-0.05, 0) is 24.8 Å². The van der Waals surface area contributed by atoms with Crippen LogP contribution in [0.1, 0.15) is 5.69 Å². The van der Waals surface area contributed by atoms with Gasteiger partial charge in [-0.25, -0.2) is 19.6 Å². The first kappa shape index (κ1) is 12.8. The molecule has 0 bridgehead atoms. The minimum Gasteiger partial charge on any atom is -0.306 e. The van der Waals surface area contributed by atoms with Crippen molar-refractivity contribution >= 4 is 17.6 Å². The number of halogens is 2. The Morgan fingerprint density at radius 2 is 2.06 bits per heavy atom. The lowest BCUT2D eigenvalue weighted by molar-refractivity contribution is 0.550. The number of nitrogen functional groups attached to an aromatic ring is 1. The van der Waals surface area contributed by atoms with Gasteiger partial charge in [-0.2, -0.15) is 5.10 Å². The van der Waals surface area contributed by atoms with Crippen LogP contribution in [0.25, 0.3) is 0 Å². The number of hydrogen-bond acceptors (Lipinski definition) is 5. The van der Waals surface area contributed by atoms with Crippen LogP contribution < -0.4 is 11.3 Å². The second-order valence-corrected chi connectivity index (χ2v) is 4.61. The van der Waals surface area contributed by atoms with E-state index in [4.69, 9.17) is 5.84 Å². The Morgan fingerprint density at radius 3 is 2.61 bits per heavy atom. The van der Waals surface area contributed by atoms with Gasteiger partial charge in [-0.3, -0.25) is 4.68 Å². The van der Waals surface area contributed by atoms with Crippen LogP contribution in [0.3, 0.4) is 0 Å². The molecule has 2 heterocycles. The number of nitrogens with one attached hydrogen (secondary N) is 1. The van der Waals surface area contributed by atoms with E-state index >= 15 is 0 Å². The van der Waals surface area contributed by atoms with Crippen LogP contribution in [-0.2, 0) is 7.05 Å². The Kier molecular flexibility index (Phi) is 3.48. The van der Waals surface area contributed by atoms with Gasteiger partial charge in [0.15, 0.2) is 17.5 Å². The van der Waals surface area contributed by atoms with Crippen molar-refractivity contribution in [2.75, 3.05) is 5.43 Å². The standard InChI is InChI=1S/C10H11F2N5S/c1-5-3-8(17(2)16-5)18-10-7(12)4-6(11)9(14-10)15-13/h3-4H,13H2,1-2H3,(H,14,15). The maximum atomic E-state index is 13.6. The molecule has 18 heavy (non-hydrogen) atoms. The average molecular weight is 271 g/mol. The van der Waals surface area contributed by atoms with Gasteiger partial charge in [0.25, 0.3) is 0 Å². The molecule has 0 saturated heterocycles. The maximum Gasteiger partial charge on any atom is 0.177 e. The number of aryl methyl sites for hydroxylation is 2. The van der Waals surface area contributed by atoms with Crippen LogP contribution in [0.15, 0.2) is 22.2 Å². The molecule has 0 amide bonds. The van der Waals surface area contributed by atoms with Crippen molar-refractivity contribution in [2.45, 2.75) is 17.0 Å². The Labute approximate surface area is 106 Å². The Balaban J connectivity index is 2.37. The first-order valence-electron chi connectivity index (χ1n) is 5.02. The lowest BCUT2D eigenvalue weighted by Gasteiger charge is -2.06. The average Bonchev–Trinajstić information content (AvgIpc) is 2.61. The van der Waals surface area contributed by atoms with E-state index in [9.17, 15) is 8.78 Å². The smallest absolute Gasteiger partial charge is 0.177 e. The van der Waals surface area contributed by atoms with Gasteiger partial charge in [0.1, 0.15) is 10.1 Å². The number of hydrogen-bond donors (Lipinski definition) is 2. The van der Waals surface area contributed by atoms with Gasteiger partial charge in [0, 0.05) is 13.1 Å². The third-order valence-corrected chi connectivity index (χ3v) is 3.27. The highest BCUT2D eigenvalue weighted by molar-refractivity contribution is 7.99. The molecule has 5 nitrogen and oxygen atoms in total. The second-order valence-electron chi connectivity index (χ2n) is 3.60. The van der Waals surface area contributed by atoms with Crippen molar-refractivity contribution in [1.29, 1.82) is 0 Å². The summed E-state index contributed by atoms with van der Waals surface area (Å²) in [6, 6.07) is 2.53. The van der Waals surface area contributed by atoms with Crippen molar-refractivity contribution in [1.82, 2.24) is 14.8 Å². The molecule has 2 aromatic rings. The zero-order valence-corrected chi connectivity index (χ0v) is 10.6. The number of anilines is 1. The van der Waals surface area contributed by atoms with E-state index in [1.807, 2.05) is 6.92 Å². The third kappa shape index (κ3) is 2.44. The number of aromatic nitrogens is 3. The molecule has 0 aliphatic carbocycles. The summed E-state index contributed by atoms with van der Waals surface area (Å²) in [6.45, 7) is 1.82. The maximum absolute atomic E-state index is 13.6. The largest absolute Gasteiger partial charge is 0.306 e. The molecule has 2 aromatic heterocycles. The van der Waals surface area contributed by atoms with Crippen molar-refractivity contribution in [2.24, 2.45) is 12.9 Å². The molecule has 0 aromatic carbocycles. The first-order chi connectivity index (χ1) is 8.51. The fourth-order valence-corrected chi connectivity index (χ4v) is 2.30. The van der Waals surface area contributed by atoms with Crippen LogP contribution in [0.5, 0.6) is 0 Å². The summed E-state index contributed by atoms with van der Waals surface area (Å²) in [6.07, 6.45) is 0. The summed E-state index contributed by atoms with van der Waals surface area (Å²) in [4.78, 5) is 3.77. The monoisotopic (exact) mass is 271 g/mol. The van der Waals surface area contributed by atoms with Crippen molar-refractivity contribution < 1.29 is 8.78 Å². The quantitative estimate of drug-likeness (QED) is 0.658. The Bertz CT molecular complexity index is 584. The van der Waals surface area contributed by atoms with Crippen LogP contribution in [0.2, 0.25) is 0 Å². The number of nitrogens with zero attached hydrogens (tertiary/aromatic N) is 3. The van der Waals surface area contributed by atoms with Gasteiger partial charge in [-0.15, -0.1) is 0 Å². The number of pyridine rings is 1. The van der Waals surface area contributed by atoms with Crippen LogP contribution in [0, 0.1) is 18.6 Å². The number of nitrogens with two attached hydrogens (primary N) is 1. The lowest BCUT2D eigenvalue weighted by Crippen LogP contribution is -2.11. The fraction of sp³-hybridized carbons (Fsp3) is 0.200. The predicted octanol–water partition coefficient (Wildman–Crippen LogP) is 1.84. The highest BCUT2D eigenvalue weighted by atomic mass is 32.2. The summed E-state index contributed by atoms with van der Waals surface area (Å²) in [5.74, 6) is 3.33. The van der Waals surface area contributed by atoms with Crippen molar-refractivity contribution in [3.8, 4) is 0 Å². The van der Waals surface area contributed by atoms with Crippen LogP contribution in [0.4, 0.5) is 14.6 Å². The summed E-state index contributed by atoms with van der Waals surface area (Å²) in [7, 11) is 1.73. The molecule has 0 fully saturated rings. The van der Waals surface area contributed by atoms with E-state index in [1.54, 1.807) is 17.8 Å².